The molecule has 0 bridgehead atoms. The zero-order chi connectivity index (χ0) is 25.2. The third kappa shape index (κ3) is 4.18. The van der Waals surface area contributed by atoms with Crippen molar-refractivity contribution in [3.63, 3.8) is 0 Å². The van der Waals surface area contributed by atoms with E-state index in [-0.39, 0.29) is 11.0 Å². The molecule has 0 aliphatic carbocycles. The quantitative estimate of drug-likeness (QED) is 0.556. The molecule has 2 saturated heterocycles. The Hall–Kier alpha value is -2.89. The van der Waals surface area contributed by atoms with Gasteiger partial charge in [-0.15, -0.1) is 0 Å². The Kier molecular flexibility index (Phi) is 5.43. The molecule has 3 aliphatic heterocycles. The number of sulfonamides is 1. The van der Waals surface area contributed by atoms with Crippen LogP contribution in [0.4, 0.5) is 26.1 Å². The number of alkyl halides is 2. The monoisotopic (exact) mass is 514 g/mol. The van der Waals surface area contributed by atoms with E-state index in [1.54, 1.807) is 12.3 Å². The van der Waals surface area contributed by atoms with E-state index in [2.05, 4.69) is 27.1 Å². The van der Waals surface area contributed by atoms with Crippen LogP contribution in [0.3, 0.4) is 0 Å². The van der Waals surface area contributed by atoms with Crippen LogP contribution < -0.4 is 10.2 Å². The molecule has 0 unspecified atom stereocenters. The molecule has 6 rings (SSSR count). The van der Waals surface area contributed by atoms with Crippen molar-refractivity contribution in [2.45, 2.75) is 25.9 Å². The lowest BCUT2D eigenvalue weighted by Gasteiger charge is -2.46. The van der Waals surface area contributed by atoms with E-state index in [0.717, 1.165) is 55.1 Å². The summed E-state index contributed by atoms with van der Waals surface area (Å²) in [6.07, 6.45) is 1.26. The van der Waals surface area contributed by atoms with Crippen LogP contribution >= 0.6 is 0 Å². The van der Waals surface area contributed by atoms with Gasteiger partial charge in [-0.2, -0.15) is 4.31 Å². The second-order valence-corrected chi connectivity index (χ2v) is 12.4. The van der Waals surface area contributed by atoms with E-state index >= 15 is 0 Å². The lowest BCUT2D eigenvalue weighted by Crippen LogP contribution is -2.55. The van der Waals surface area contributed by atoms with Crippen LogP contribution in [0.25, 0.3) is 10.9 Å². The molecule has 4 heterocycles. The predicted molar refractivity (Wildman–Crippen MR) is 135 cm³/mol. The summed E-state index contributed by atoms with van der Waals surface area (Å²) in [6, 6.07) is 8.72. The fourth-order valence-electron chi connectivity index (χ4n) is 5.88. The van der Waals surface area contributed by atoms with Crippen molar-refractivity contribution in [3.8, 4) is 0 Å². The summed E-state index contributed by atoms with van der Waals surface area (Å²) < 4.78 is 52.7. The summed E-state index contributed by atoms with van der Waals surface area (Å²) in [6.45, 7) is 4.37. The Morgan fingerprint density at radius 2 is 1.86 bits per heavy atom. The molecule has 0 atom stereocenters. The number of hydrogen-bond donors (Lipinski definition) is 1. The van der Waals surface area contributed by atoms with Gasteiger partial charge in [0.1, 0.15) is 0 Å². The molecular formula is C25H28F2N6O2S. The summed E-state index contributed by atoms with van der Waals surface area (Å²) in [5.74, 6) is 0.365. The fourth-order valence-corrected chi connectivity index (χ4v) is 6.63. The highest BCUT2D eigenvalue weighted by Gasteiger charge is 2.46. The second kappa shape index (κ2) is 8.32. The number of anilines is 3. The zero-order valence-electron chi connectivity index (χ0n) is 20.2. The van der Waals surface area contributed by atoms with Gasteiger partial charge >= 0.3 is 0 Å². The topological polar surface area (TPSA) is 81.7 Å². The fraction of sp³-hybridized carbons (Fsp3) is 0.440. The predicted octanol–water partition coefficient (Wildman–Crippen LogP) is 3.73. The van der Waals surface area contributed by atoms with Crippen molar-refractivity contribution in [2.24, 2.45) is 5.41 Å². The third-order valence-electron chi connectivity index (χ3n) is 7.55. The normalized spacial score (nSPS) is 19.9. The van der Waals surface area contributed by atoms with Crippen LogP contribution in [-0.2, 0) is 23.1 Å². The maximum Gasteiger partial charge on any atom is 0.263 e. The molecule has 0 radical (unpaired) electrons. The van der Waals surface area contributed by atoms with Crippen molar-refractivity contribution in [1.29, 1.82) is 0 Å². The lowest BCUT2D eigenvalue weighted by molar-refractivity contribution is 0.0424. The van der Waals surface area contributed by atoms with Crippen LogP contribution in [-0.4, -0.2) is 67.1 Å². The van der Waals surface area contributed by atoms with Gasteiger partial charge in [0.05, 0.1) is 17.5 Å². The molecule has 3 aliphatic rings. The molecule has 1 N–H and O–H groups in total. The van der Waals surface area contributed by atoms with Gasteiger partial charge in [-0.1, -0.05) is 6.07 Å². The van der Waals surface area contributed by atoms with Gasteiger partial charge in [0, 0.05) is 67.5 Å². The minimum absolute atomic E-state index is 0.0254. The molecule has 1 spiro atoms. The SMILES string of the molecule is CN1CC2(CCN(c3cc(C(F)F)cc4cnc(Nc5ccc6c(c5)CN(S(C)(=O)=O)C6)nc34)C2)C1. The molecule has 0 saturated carbocycles. The van der Waals surface area contributed by atoms with Gasteiger partial charge in [0.25, 0.3) is 6.43 Å². The van der Waals surface area contributed by atoms with Crippen molar-refractivity contribution >= 4 is 38.2 Å². The van der Waals surface area contributed by atoms with E-state index in [4.69, 9.17) is 4.98 Å². The summed E-state index contributed by atoms with van der Waals surface area (Å²) in [7, 11) is -1.17. The highest BCUT2D eigenvalue weighted by atomic mass is 32.2. The van der Waals surface area contributed by atoms with Gasteiger partial charge in [-0.3, -0.25) is 0 Å². The average molecular weight is 515 g/mol. The molecule has 2 fully saturated rings. The number of benzene rings is 2. The van der Waals surface area contributed by atoms with Crippen molar-refractivity contribution in [3.05, 3.63) is 53.2 Å². The van der Waals surface area contributed by atoms with Crippen LogP contribution in [0.15, 0.2) is 36.5 Å². The number of halogens is 2. The van der Waals surface area contributed by atoms with Crippen LogP contribution in [0.2, 0.25) is 0 Å². The van der Waals surface area contributed by atoms with Crippen molar-refractivity contribution < 1.29 is 17.2 Å². The molecule has 36 heavy (non-hydrogen) atoms. The first-order chi connectivity index (χ1) is 17.1. The van der Waals surface area contributed by atoms with Crippen LogP contribution in [0.5, 0.6) is 0 Å². The molecule has 1 aromatic heterocycles. The molecule has 3 aromatic rings. The van der Waals surface area contributed by atoms with Gasteiger partial charge in [0.2, 0.25) is 16.0 Å². The molecule has 11 heteroatoms. The second-order valence-electron chi connectivity index (χ2n) is 10.5. The largest absolute Gasteiger partial charge is 0.369 e. The number of rotatable bonds is 5. The Morgan fingerprint density at radius 3 is 2.58 bits per heavy atom. The van der Waals surface area contributed by atoms with E-state index in [9.17, 15) is 17.2 Å². The molecule has 190 valence electrons. The summed E-state index contributed by atoms with van der Waals surface area (Å²) >= 11 is 0. The van der Waals surface area contributed by atoms with Crippen molar-refractivity contribution in [2.75, 3.05) is 49.7 Å². The van der Waals surface area contributed by atoms with E-state index in [0.29, 0.717) is 29.9 Å². The highest BCUT2D eigenvalue weighted by Crippen LogP contribution is 2.42. The van der Waals surface area contributed by atoms with Crippen molar-refractivity contribution in [1.82, 2.24) is 19.2 Å². The van der Waals surface area contributed by atoms with Gasteiger partial charge in [-0.25, -0.2) is 27.2 Å². The lowest BCUT2D eigenvalue weighted by atomic mass is 9.79. The highest BCUT2D eigenvalue weighted by molar-refractivity contribution is 7.88. The molecule has 0 amide bonds. The number of likely N-dealkylation sites (tertiary alicyclic amines) is 1. The minimum Gasteiger partial charge on any atom is -0.369 e. The first-order valence-electron chi connectivity index (χ1n) is 11.9. The first-order valence-corrected chi connectivity index (χ1v) is 13.8. The Morgan fingerprint density at radius 1 is 1.08 bits per heavy atom. The Labute approximate surface area is 209 Å². The maximum absolute atomic E-state index is 13.7. The number of nitrogens with one attached hydrogen (secondary N) is 1. The first kappa shape index (κ1) is 23.5. The number of aromatic nitrogens is 2. The molecule has 2 aromatic carbocycles. The van der Waals surface area contributed by atoms with Crippen LogP contribution in [0.1, 0.15) is 29.5 Å². The van der Waals surface area contributed by atoms with E-state index in [1.165, 1.54) is 16.6 Å². The summed E-state index contributed by atoms with van der Waals surface area (Å²) in [5, 5.41) is 3.80. The number of nitrogens with zero attached hydrogens (tertiary/aromatic N) is 5. The van der Waals surface area contributed by atoms with E-state index < -0.39 is 16.4 Å². The standard InChI is InChI=1S/C25H28F2N6O2S/c1-31-13-25(14-31)5-6-32(15-25)21-9-17(23(26)27)7-18-10-28-24(30-22(18)21)29-20-4-3-16-11-33(36(2,34)35)12-19(16)8-20/h3-4,7-10,23H,5-6,11-15H2,1-2H3,(H,28,29,30). The number of fused-ring (bicyclic) bond motifs is 2. The Bertz CT molecular complexity index is 1460. The molecular weight excluding hydrogens is 486 g/mol. The smallest absolute Gasteiger partial charge is 0.263 e. The third-order valence-corrected chi connectivity index (χ3v) is 8.75. The maximum atomic E-state index is 13.7. The minimum atomic E-state index is -3.27. The van der Waals surface area contributed by atoms with Gasteiger partial charge in [0.15, 0.2) is 0 Å². The average Bonchev–Trinajstić information content (AvgIpc) is 3.43. The molecule has 8 nitrogen and oxygen atoms in total. The number of hydrogen-bond acceptors (Lipinski definition) is 7. The van der Waals surface area contributed by atoms with Crippen LogP contribution in [0, 0.1) is 5.41 Å². The summed E-state index contributed by atoms with van der Waals surface area (Å²) in [5.41, 5.74) is 4.20. The Balaban J connectivity index is 1.31. The van der Waals surface area contributed by atoms with Gasteiger partial charge in [-0.05, 0) is 48.9 Å². The van der Waals surface area contributed by atoms with E-state index in [1.807, 2.05) is 18.2 Å². The zero-order valence-corrected chi connectivity index (χ0v) is 21.0. The van der Waals surface area contributed by atoms with Gasteiger partial charge < -0.3 is 15.1 Å². The summed E-state index contributed by atoms with van der Waals surface area (Å²) in [4.78, 5) is 13.6.